The molecule has 1 heterocycles. The SMILES string of the molecule is CC1CC(NCCN2CCCCC2)C1. The summed E-state index contributed by atoms with van der Waals surface area (Å²) in [5, 5.41) is 3.66. The molecule has 2 nitrogen and oxygen atoms in total. The highest BCUT2D eigenvalue weighted by atomic mass is 15.1. The zero-order chi connectivity index (χ0) is 9.80. The van der Waals surface area contributed by atoms with Crippen LogP contribution < -0.4 is 5.32 Å². The predicted octanol–water partition coefficient (Wildman–Crippen LogP) is 1.86. The van der Waals surface area contributed by atoms with Gasteiger partial charge in [-0.3, -0.25) is 0 Å². The van der Waals surface area contributed by atoms with Crippen molar-refractivity contribution in [1.82, 2.24) is 10.2 Å². The van der Waals surface area contributed by atoms with Gasteiger partial charge in [0.25, 0.3) is 0 Å². The standard InChI is InChI=1S/C12H24N2/c1-11-9-12(10-11)13-5-8-14-6-3-2-4-7-14/h11-13H,2-10H2,1H3. The monoisotopic (exact) mass is 196 g/mol. The Bertz CT molecular complexity index is 158. The summed E-state index contributed by atoms with van der Waals surface area (Å²) < 4.78 is 0. The highest BCUT2D eigenvalue weighted by Gasteiger charge is 2.24. The van der Waals surface area contributed by atoms with Gasteiger partial charge in [-0.2, -0.15) is 0 Å². The molecule has 1 saturated carbocycles. The molecule has 0 bridgehead atoms. The van der Waals surface area contributed by atoms with Gasteiger partial charge < -0.3 is 10.2 Å². The van der Waals surface area contributed by atoms with Gasteiger partial charge in [-0.05, 0) is 44.7 Å². The van der Waals surface area contributed by atoms with Crippen LogP contribution in [0.5, 0.6) is 0 Å². The Hall–Kier alpha value is -0.0800. The Morgan fingerprint density at radius 1 is 1.14 bits per heavy atom. The van der Waals surface area contributed by atoms with Crippen LogP contribution in [0.3, 0.4) is 0 Å². The maximum absolute atomic E-state index is 3.66. The quantitative estimate of drug-likeness (QED) is 0.738. The molecule has 0 unspecified atom stereocenters. The van der Waals surface area contributed by atoms with E-state index in [-0.39, 0.29) is 0 Å². The number of nitrogens with zero attached hydrogens (tertiary/aromatic N) is 1. The molecule has 2 aliphatic rings. The van der Waals surface area contributed by atoms with Crippen LogP contribution in [0, 0.1) is 5.92 Å². The van der Waals surface area contributed by atoms with E-state index in [4.69, 9.17) is 0 Å². The largest absolute Gasteiger partial charge is 0.313 e. The van der Waals surface area contributed by atoms with Crippen molar-refractivity contribution in [1.29, 1.82) is 0 Å². The van der Waals surface area contributed by atoms with Crippen molar-refractivity contribution in [2.45, 2.75) is 45.1 Å². The van der Waals surface area contributed by atoms with Crippen molar-refractivity contribution in [2.75, 3.05) is 26.2 Å². The summed E-state index contributed by atoms with van der Waals surface area (Å²) in [6, 6.07) is 0.842. The molecule has 1 aliphatic carbocycles. The van der Waals surface area contributed by atoms with Crippen LogP contribution in [0.2, 0.25) is 0 Å². The van der Waals surface area contributed by atoms with Gasteiger partial charge in [0.05, 0.1) is 0 Å². The van der Waals surface area contributed by atoms with Crippen LogP contribution in [0.1, 0.15) is 39.0 Å². The average Bonchev–Trinajstić information content (AvgIpc) is 2.17. The van der Waals surface area contributed by atoms with E-state index in [1.54, 1.807) is 0 Å². The van der Waals surface area contributed by atoms with E-state index in [1.807, 2.05) is 0 Å². The molecular weight excluding hydrogens is 172 g/mol. The van der Waals surface area contributed by atoms with Crippen LogP contribution >= 0.6 is 0 Å². The number of hydrogen-bond donors (Lipinski definition) is 1. The van der Waals surface area contributed by atoms with E-state index in [0.717, 1.165) is 12.0 Å². The van der Waals surface area contributed by atoms with Crippen molar-refractivity contribution in [2.24, 2.45) is 5.92 Å². The number of piperidine rings is 1. The number of rotatable bonds is 4. The normalized spacial score (nSPS) is 34.1. The topological polar surface area (TPSA) is 15.3 Å². The summed E-state index contributed by atoms with van der Waals surface area (Å²) in [7, 11) is 0. The minimum atomic E-state index is 0.842. The van der Waals surface area contributed by atoms with E-state index in [1.165, 1.54) is 58.3 Å². The van der Waals surface area contributed by atoms with Crippen LogP contribution in [0.4, 0.5) is 0 Å². The lowest BCUT2D eigenvalue weighted by Gasteiger charge is -2.34. The van der Waals surface area contributed by atoms with Gasteiger partial charge in [0, 0.05) is 19.1 Å². The van der Waals surface area contributed by atoms with Crippen LogP contribution in [0.15, 0.2) is 0 Å². The van der Waals surface area contributed by atoms with E-state index in [9.17, 15) is 0 Å². The highest BCUT2D eigenvalue weighted by molar-refractivity contribution is 4.82. The third kappa shape index (κ3) is 2.96. The molecule has 2 rings (SSSR count). The van der Waals surface area contributed by atoms with Crippen LogP contribution in [0.25, 0.3) is 0 Å². The Labute approximate surface area is 88.1 Å². The van der Waals surface area contributed by atoms with Crippen molar-refractivity contribution >= 4 is 0 Å². The minimum absolute atomic E-state index is 0.842. The first-order valence-electron chi connectivity index (χ1n) is 6.30. The molecular formula is C12H24N2. The molecule has 0 amide bonds. The fourth-order valence-electron chi connectivity index (χ4n) is 2.68. The lowest BCUT2D eigenvalue weighted by molar-refractivity contribution is 0.202. The third-order valence-corrected chi connectivity index (χ3v) is 3.68. The van der Waals surface area contributed by atoms with Crippen molar-refractivity contribution < 1.29 is 0 Å². The molecule has 82 valence electrons. The molecule has 0 aromatic carbocycles. The summed E-state index contributed by atoms with van der Waals surface area (Å²) in [6.45, 7) is 7.50. The molecule has 0 atom stereocenters. The second-order valence-corrected chi connectivity index (χ2v) is 5.13. The minimum Gasteiger partial charge on any atom is -0.313 e. The van der Waals surface area contributed by atoms with E-state index in [2.05, 4.69) is 17.1 Å². The van der Waals surface area contributed by atoms with Gasteiger partial charge in [-0.25, -0.2) is 0 Å². The smallest absolute Gasteiger partial charge is 0.0107 e. The zero-order valence-corrected chi connectivity index (χ0v) is 9.47. The van der Waals surface area contributed by atoms with Gasteiger partial charge in [0.1, 0.15) is 0 Å². The van der Waals surface area contributed by atoms with Crippen molar-refractivity contribution in [3.63, 3.8) is 0 Å². The molecule has 14 heavy (non-hydrogen) atoms. The second-order valence-electron chi connectivity index (χ2n) is 5.13. The van der Waals surface area contributed by atoms with Crippen molar-refractivity contribution in [3.05, 3.63) is 0 Å². The Balaban J connectivity index is 1.50. The highest BCUT2D eigenvalue weighted by Crippen LogP contribution is 2.25. The Kier molecular flexibility index (Phi) is 3.82. The van der Waals surface area contributed by atoms with Crippen molar-refractivity contribution in [3.8, 4) is 0 Å². The fourth-order valence-corrected chi connectivity index (χ4v) is 2.68. The van der Waals surface area contributed by atoms with Gasteiger partial charge >= 0.3 is 0 Å². The van der Waals surface area contributed by atoms with E-state index < -0.39 is 0 Å². The van der Waals surface area contributed by atoms with Gasteiger partial charge in [-0.1, -0.05) is 13.3 Å². The van der Waals surface area contributed by atoms with Crippen LogP contribution in [-0.4, -0.2) is 37.1 Å². The molecule has 0 spiro atoms. The number of likely N-dealkylation sites (tertiary alicyclic amines) is 1. The van der Waals surface area contributed by atoms with Gasteiger partial charge in [-0.15, -0.1) is 0 Å². The Morgan fingerprint density at radius 2 is 1.86 bits per heavy atom. The molecule has 2 heteroatoms. The van der Waals surface area contributed by atoms with E-state index >= 15 is 0 Å². The third-order valence-electron chi connectivity index (χ3n) is 3.68. The molecule has 0 radical (unpaired) electrons. The molecule has 1 aliphatic heterocycles. The summed E-state index contributed by atoms with van der Waals surface area (Å²) in [6.07, 6.45) is 7.09. The first-order chi connectivity index (χ1) is 6.84. The Morgan fingerprint density at radius 3 is 2.50 bits per heavy atom. The molecule has 0 aromatic rings. The van der Waals surface area contributed by atoms with Gasteiger partial charge in [0.15, 0.2) is 0 Å². The maximum Gasteiger partial charge on any atom is 0.0107 e. The maximum atomic E-state index is 3.66. The van der Waals surface area contributed by atoms with Crippen LogP contribution in [-0.2, 0) is 0 Å². The summed E-state index contributed by atoms with van der Waals surface area (Å²) in [5.74, 6) is 0.975. The predicted molar refractivity (Wildman–Crippen MR) is 60.5 cm³/mol. The van der Waals surface area contributed by atoms with E-state index in [0.29, 0.717) is 0 Å². The lowest BCUT2D eigenvalue weighted by atomic mass is 9.82. The number of nitrogens with one attached hydrogen (secondary N) is 1. The molecule has 1 N–H and O–H groups in total. The van der Waals surface area contributed by atoms with Gasteiger partial charge in [0.2, 0.25) is 0 Å². The summed E-state index contributed by atoms with van der Waals surface area (Å²) >= 11 is 0. The average molecular weight is 196 g/mol. The summed E-state index contributed by atoms with van der Waals surface area (Å²) in [5.41, 5.74) is 0. The second kappa shape index (κ2) is 5.13. The summed E-state index contributed by atoms with van der Waals surface area (Å²) in [4.78, 5) is 2.61. The fraction of sp³-hybridized carbons (Fsp3) is 1.00. The first-order valence-corrected chi connectivity index (χ1v) is 6.30. The number of hydrogen-bond acceptors (Lipinski definition) is 2. The molecule has 0 aromatic heterocycles. The molecule has 2 fully saturated rings. The first kappa shape index (κ1) is 10.4. The molecule has 1 saturated heterocycles. The lowest BCUT2D eigenvalue weighted by Crippen LogP contribution is -2.44. The zero-order valence-electron chi connectivity index (χ0n) is 9.47.